The van der Waals surface area contributed by atoms with Crippen molar-refractivity contribution in [3.8, 4) is 34.1 Å². The van der Waals surface area contributed by atoms with Gasteiger partial charge in [0.1, 0.15) is 16.4 Å². The lowest BCUT2D eigenvalue weighted by molar-refractivity contribution is 0.360. The predicted molar refractivity (Wildman–Crippen MR) is 159 cm³/mol. The third-order valence-electron chi connectivity index (χ3n) is 7.29. The highest BCUT2D eigenvalue weighted by molar-refractivity contribution is 7.86. The molecule has 0 heterocycles. The molecule has 0 spiro atoms. The summed E-state index contributed by atoms with van der Waals surface area (Å²) in [6.45, 7) is 0. The van der Waals surface area contributed by atoms with Crippen LogP contribution in [0.2, 0.25) is 0 Å². The van der Waals surface area contributed by atoms with Crippen molar-refractivity contribution in [2.24, 2.45) is 0 Å². The Kier molecular flexibility index (Phi) is 8.46. The van der Waals surface area contributed by atoms with Crippen molar-refractivity contribution < 1.29 is 70.5 Å². The van der Waals surface area contributed by atoms with Crippen molar-refractivity contribution >= 4 is 41.8 Å². The minimum Gasteiger partial charge on any atom is -0.451 e. The molecule has 8 nitrogen and oxygen atoms in total. The van der Waals surface area contributed by atoms with E-state index in [1.54, 1.807) is 24.3 Å². The highest BCUT2D eigenvalue weighted by Crippen LogP contribution is 2.44. The van der Waals surface area contributed by atoms with E-state index in [-0.39, 0.29) is 11.1 Å². The molecule has 0 saturated carbocycles. The zero-order valence-corrected chi connectivity index (χ0v) is 25.7. The van der Waals surface area contributed by atoms with Crippen LogP contribution in [0.3, 0.4) is 0 Å². The molecule has 6 rings (SSSR count). The molecule has 0 aliphatic heterocycles. The van der Waals surface area contributed by atoms with Gasteiger partial charge in [0.25, 0.3) is 20.2 Å². The van der Waals surface area contributed by atoms with E-state index in [4.69, 9.17) is 9.47 Å². The quantitative estimate of drug-likeness (QED) is 0.0944. The highest BCUT2D eigenvalue weighted by Gasteiger charge is 2.36. The van der Waals surface area contributed by atoms with Gasteiger partial charge in [0.05, 0.1) is 16.0 Å². The average Bonchev–Trinajstić information content (AvgIpc) is 3.06. The molecule has 0 radical (unpaired) electrons. The summed E-state index contributed by atoms with van der Waals surface area (Å²) in [6.07, 6.45) is 0. The van der Waals surface area contributed by atoms with E-state index in [1.807, 2.05) is 0 Å². The molecule has 0 fully saturated rings. The van der Waals surface area contributed by atoms with Gasteiger partial charge in [-0.15, -0.1) is 0 Å². The Balaban J connectivity index is 1.43. The first kappa shape index (κ1) is 34.6. The van der Waals surface area contributed by atoms with Crippen molar-refractivity contribution in [2.45, 2.75) is 9.79 Å². The molecular formula is C32H14F8O8S2. The van der Waals surface area contributed by atoms with Gasteiger partial charge >= 0.3 is 0 Å². The Labute approximate surface area is 275 Å². The summed E-state index contributed by atoms with van der Waals surface area (Å²) >= 11 is 0. The van der Waals surface area contributed by atoms with Gasteiger partial charge in [0.2, 0.25) is 34.8 Å². The molecular weight excluding hydrogens is 728 g/mol. The molecule has 258 valence electrons. The molecule has 0 saturated heterocycles. The summed E-state index contributed by atoms with van der Waals surface area (Å²) in [5.74, 6) is -24.4. The number of halogens is 8. The SMILES string of the molecule is O=S(=O)(O)c1cc(S(=O)(=O)O)c2cc(Oc3c(F)c(F)c(-c4c(F)c(F)c(Oc5ccc6ccccc6c5)c(F)c4F)c(F)c3F)ccc2c1. The molecule has 0 aliphatic rings. The lowest BCUT2D eigenvalue weighted by Gasteiger charge is -2.16. The Hall–Kier alpha value is -5.30. The lowest BCUT2D eigenvalue weighted by atomic mass is 10.0. The van der Waals surface area contributed by atoms with Crippen molar-refractivity contribution in [3.63, 3.8) is 0 Å². The molecule has 0 bridgehead atoms. The fourth-order valence-electron chi connectivity index (χ4n) is 5.01. The summed E-state index contributed by atoms with van der Waals surface area (Å²) in [5, 5.41) is 0.275. The second-order valence-corrected chi connectivity index (χ2v) is 13.2. The Morgan fingerprint density at radius 1 is 0.460 bits per heavy atom. The zero-order chi connectivity index (χ0) is 36.4. The summed E-state index contributed by atoms with van der Waals surface area (Å²) in [5.41, 5.74) is -4.38. The molecule has 0 aliphatic carbocycles. The van der Waals surface area contributed by atoms with E-state index in [1.165, 1.54) is 18.2 Å². The Bertz CT molecular complexity index is 2590. The van der Waals surface area contributed by atoms with Gasteiger partial charge in [0, 0.05) is 5.39 Å². The van der Waals surface area contributed by atoms with E-state index in [9.17, 15) is 25.9 Å². The Morgan fingerprint density at radius 3 is 1.36 bits per heavy atom. The van der Waals surface area contributed by atoms with Crippen LogP contribution >= 0.6 is 0 Å². The number of rotatable bonds is 7. The Morgan fingerprint density at radius 2 is 0.900 bits per heavy atom. The maximum absolute atomic E-state index is 15.3. The molecule has 0 aromatic heterocycles. The maximum Gasteiger partial charge on any atom is 0.295 e. The minimum atomic E-state index is -5.25. The van der Waals surface area contributed by atoms with Crippen LogP contribution in [0, 0.1) is 46.5 Å². The zero-order valence-electron chi connectivity index (χ0n) is 24.1. The van der Waals surface area contributed by atoms with Crippen LogP contribution in [0.1, 0.15) is 0 Å². The topological polar surface area (TPSA) is 127 Å². The van der Waals surface area contributed by atoms with E-state index in [0.717, 1.165) is 18.2 Å². The molecule has 0 amide bonds. The van der Waals surface area contributed by atoms with Gasteiger partial charge in [-0.3, -0.25) is 9.11 Å². The van der Waals surface area contributed by atoms with Crippen LogP contribution < -0.4 is 9.47 Å². The highest BCUT2D eigenvalue weighted by atomic mass is 32.2. The van der Waals surface area contributed by atoms with Crippen molar-refractivity contribution in [3.05, 3.63) is 119 Å². The molecule has 18 heteroatoms. The number of benzene rings is 6. The molecule has 6 aromatic rings. The number of fused-ring (bicyclic) bond motifs is 2. The molecule has 6 aromatic carbocycles. The first-order chi connectivity index (χ1) is 23.4. The normalized spacial score (nSPS) is 12.1. The monoisotopic (exact) mass is 742 g/mol. The van der Waals surface area contributed by atoms with E-state index in [2.05, 4.69) is 0 Å². The van der Waals surface area contributed by atoms with Gasteiger partial charge in [-0.05, 0) is 52.6 Å². The number of ether oxygens (including phenoxy) is 2. The van der Waals surface area contributed by atoms with Gasteiger partial charge in [-0.25, -0.2) is 17.6 Å². The predicted octanol–water partition coefficient (Wildman–Crippen LogP) is 8.85. The standard InChI is InChI=1S/C32H14F8O8S2/c33-23-21(24(34)28(38)31(27(23)37)47-16-7-5-13-3-1-2-4-14(13)9-16)22-25(35)29(39)32(30(40)26(22)36)48-17-8-6-15-10-18(49(41,42)43)12-20(19(15)11-17)50(44,45)46/h1-12H,(H,41,42,43)(H,44,45,46). The first-order valence-corrected chi connectivity index (χ1v) is 16.4. The van der Waals surface area contributed by atoms with E-state index in [0.29, 0.717) is 22.9 Å². The minimum absolute atomic E-state index is 0.305. The molecule has 50 heavy (non-hydrogen) atoms. The third kappa shape index (κ3) is 5.95. The molecule has 0 unspecified atom stereocenters. The van der Waals surface area contributed by atoms with E-state index >= 15 is 35.1 Å². The van der Waals surface area contributed by atoms with Gasteiger partial charge in [-0.2, -0.15) is 34.4 Å². The maximum atomic E-state index is 15.3. The second-order valence-electron chi connectivity index (χ2n) is 10.4. The van der Waals surface area contributed by atoms with Crippen LogP contribution in [0.15, 0.2) is 82.6 Å². The smallest absolute Gasteiger partial charge is 0.295 e. The van der Waals surface area contributed by atoms with Crippen LogP contribution in [0.5, 0.6) is 23.0 Å². The fraction of sp³-hybridized carbons (Fsp3) is 0. The molecule has 2 N–H and O–H groups in total. The van der Waals surface area contributed by atoms with Crippen molar-refractivity contribution in [2.75, 3.05) is 0 Å². The summed E-state index contributed by atoms with van der Waals surface area (Å²) in [4.78, 5) is -2.13. The molecule has 0 atom stereocenters. The van der Waals surface area contributed by atoms with Gasteiger partial charge < -0.3 is 9.47 Å². The van der Waals surface area contributed by atoms with E-state index < -0.39 is 110 Å². The lowest BCUT2D eigenvalue weighted by Crippen LogP contribution is -2.09. The first-order valence-electron chi connectivity index (χ1n) is 13.5. The van der Waals surface area contributed by atoms with Crippen LogP contribution in [-0.4, -0.2) is 25.9 Å². The van der Waals surface area contributed by atoms with Crippen molar-refractivity contribution in [1.29, 1.82) is 0 Å². The fourth-order valence-corrected chi connectivity index (χ4v) is 6.36. The van der Waals surface area contributed by atoms with Crippen LogP contribution in [0.25, 0.3) is 32.7 Å². The van der Waals surface area contributed by atoms with Crippen LogP contribution in [-0.2, 0) is 20.2 Å². The van der Waals surface area contributed by atoms with Gasteiger partial charge in [-0.1, -0.05) is 36.4 Å². The average molecular weight is 743 g/mol. The number of hydrogen-bond donors (Lipinski definition) is 2. The van der Waals surface area contributed by atoms with Crippen molar-refractivity contribution in [1.82, 2.24) is 0 Å². The summed E-state index contributed by atoms with van der Waals surface area (Å²) < 4.78 is 197. The third-order valence-corrected chi connectivity index (χ3v) is 9.02. The summed E-state index contributed by atoms with van der Waals surface area (Å²) in [7, 11) is -10.3. The summed E-state index contributed by atoms with van der Waals surface area (Å²) in [6, 6.07) is 13.8. The largest absolute Gasteiger partial charge is 0.451 e. The second kappa shape index (κ2) is 12.2. The van der Waals surface area contributed by atoms with Gasteiger partial charge in [0.15, 0.2) is 23.3 Å². The van der Waals surface area contributed by atoms with Crippen LogP contribution in [0.4, 0.5) is 35.1 Å². The number of hydrogen-bond acceptors (Lipinski definition) is 6.